The molecule has 3 heteroatoms. The van der Waals surface area contributed by atoms with E-state index in [9.17, 15) is 0 Å². The molecule has 0 spiro atoms. The average molecular weight is 265 g/mol. The van der Waals surface area contributed by atoms with Crippen LogP contribution in [0.4, 0.5) is 0 Å². The van der Waals surface area contributed by atoms with Crippen molar-refractivity contribution in [2.45, 2.75) is 39.3 Å². The van der Waals surface area contributed by atoms with Gasteiger partial charge in [-0.25, -0.2) is 0 Å². The van der Waals surface area contributed by atoms with Crippen molar-refractivity contribution in [1.29, 1.82) is 0 Å². The molecule has 0 aromatic rings. The molecule has 0 aromatic carbocycles. The van der Waals surface area contributed by atoms with Crippen molar-refractivity contribution in [3.8, 4) is 0 Å². The third-order valence-electron chi connectivity index (χ3n) is 1.79. The molecule has 0 amide bonds. The minimum Gasteiger partial charge on any atom is -0.414 e. The Bertz CT molecular complexity index is 146. The van der Waals surface area contributed by atoms with Crippen LogP contribution in [0.25, 0.3) is 0 Å². The van der Waals surface area contributed by atoms with E-state index in [0.29, 0.717) is 0 Å². The molecule has 0 radical (unpaired) electrons. The predicted octanol–water partition coefficient (Wildman–Crippen LogP) is 3.89. The lowest BCUT2D eigenvalue weighted by Crippen LogP contribution is -2.27. The molecule has 0 rings (SSSR count). The fraction of sp³-hybridized carbons (Fsp3) is 0.800. The number of allylic oxidation sites excluding steroid dienone is 1. The number of unbranched alkanes of at least 4 members (excludes halogenated alkanes) is 2. The molecule has 1 nitrogen and oxygen atoms in total. The zero-order chi connectivity index (χ0) is 10.2. The zero-order valence-corrected chi connectivity index (χ0v) is 11.6. The highest BCUT2D eigenvalue weighted by molar-refractivity contribution is 9.09. The first kappa shape index (κ1) is 13.4. The van der Waals surface area contributed by atoms with Gasteiger partial charge in [0.05, 0.1) is 0 Å². The molecule has 0 aliphatic carbocycles. The summed E-state index contributed by atoms with van der Waals surface area (Å²) in [5.41, 5.74) is 2.30. The summed E-state index contributed by atoms with van der Waals surface area (Å²) in [6, 6.07) is 0. The quantitative estimate of drug-likeness (QED) is 0.385. The summed E-state index contributed by atoms with van der Waals surface area (Å²) in [7, 11) is -1.46. The lowest BCUT2D eigenvalue weighted by Gasteiger charge is -2.16. The lowest BCUT2D eigenvalue weighted by atomic mass is 10.2. The van der Waals surface area contributed by atoms with E-state index in [2.05, 4.69) is 47.7 Å². The summed E-state index contributed by atoms with van der Waals surface area (Å²) in [4.78, 5) is 0. The van der Waals surface area contributed by atoms with Crippen molar-refractivity contribution in [3.63, 3.8) is 0 Å². The molecule has 78 valence electrons. The molecule has 0 fully saturated rings. The third-order valence-corrected chi connectivity index (χ3v) is 4.42. The first-order valence-corrected chi connectivity index (χ1v) is 9.10. The van der Waals surface area contributed by atoms with E-state index in [-0.39, 0.29) is 0 Å². The Labute approximate surface area is 91.8 Å². The zero-order valence-electron chi connectivity index (χ0n) is 8.98. The Balaban J connectivity index is 3.56. The van der Waals surface area contributed by atoms with Crippen molar-refractivity contribution >= 4 is 24.2 Å². The second kappa shape index (κ2) is 7.77. The van der Waals surface area contributed by atoms with Gasteiger partial charge >= 0.3 is 0 Å². The van der Waals surface area contributed by atoms with Gasteiger partial charge in [-0.3, -0.25) is 0 Å². The van der Waals surface area contributed by atoms with Crippen molar-refractivity contribution < 1.29 is 4.43 Å². The fourth-order valence-electron chi connectivity index (χ4n) is 1.14. The van der Waals surface area contributed by atoms with Crippen LogP contribution in [0.1, 0.15) is 26.2 Å². The van der Waals surface area contributed by atoms with Crippen LogP contribution < -0.4 is 0 Å². The molecule has 0 unspecified atom stereocenters. The molecule has 13 heavy (non-hydrogen) atoms. The smallest absolute Gasteiger partial charge is 0.210 e. The molecule has 0 saturated heterocycles. The summed E-state index contributed by atoms with van der Waals surface area (Å²) in [6.45, 7) is 7.37. The molecule has 0 heterocycles. The summed E-state index contributed by atoms with van der Waals surface area (Å²) in [6.07, 6.45) is 6.01. The van der Waals surface area contributed by atoms with Crippen LogP contribution in [0.5, 0.6) is 0 Å². The van der Waals surface area contributed by atoms with Gasteiger partial charge in [0.15, 0.2) is 0 Å². The molecule has 0 bridgehead atoms. The van der Waals surface area contributed by atoms with Crippen LogP contribution in [0.15, 0.2) is 11.8 Å². The monoisotopic (exact) mass is 264 g/mol. The Morgan fingerprint density at radius 2 is 2.00 bits per heavy atom. The van der Waals surface area contributed by atoms with Crippen LogP contribution in [0.2, 0.25) is 13.1 Å². The minimum absolute atomic E-state index is 0.838. The SMILES string of the molecule is CCO[Si](C)(C)C=CCCCCBr. The van der Waals surface area contributed by atoms with E-state index in [1.807, 2.05) is 0 Å². The minimum atomic E-state index is -1.46. The molecular formula is C10H21BrOSi. The maximum atomic E-state index is 5.68. The summed E-state index contributed by atoms with van der Waals surface area (Å²) in [5, 5.41) is 1.12. The molecular weight excluding hydrogens is 244 g/mol. The molecule has 0 aliphatic rings. The van der Waals surface area contributed by atoms with Gasteiger partial charge in [0.25, 0.3) is 0 Å². The Morgan fingerprint density at radius 1 is 1.31 bits per heavy atom. The number of alkyl halides is 1. The molecule has 0 saturated carbocycles. The first-order chi connectivity index (χ1) is 6.12. The van der Waals surface area contributed by atoms with E-state index in [1.165, 1.54) is 19.3 Å². The first-order valence-electron chi connectivity index (χ1n) is 5.00. The summed E-state index contributed by atoms with van der Waals surface area (Å²) >= 11 is 3.43. The fourth-order valence-corrected chi connectivity index (χ4v) is 3.11. The summed E-state index contributed by atoms with van der Waals surface area (Å²) in [5.74, 6) is 0. The van der Waals surface area contributed by atoms with Crippen LogP contribution in [0, 0.1) is 0 Å². The highest BCUT2D eigenvalue weighted by Crippen LogP contribution is 2.07. The lowest BCUT2D eigenvalue weighted by molar-refractivity contribution is 0.338. The Hall–Kier alpha value is 0.397. The predicted molar refractivity (Wildman–Crippen MR) is 65.9 cm³/mol. The standard InChI is InChI=1S/C10H21BrOSi/c1-4-12-13(2,3)10-8-6-5-7-9-11/h8,10H,4-7,9H2,1-3H3. The molecule has 0 aliphatic heterocycles. The van der Waals surface area contributed by atoms with Crippen molar-refractivity contribution in [1.82, 2.24) is 0 Å². The maximum Gasteiger partial charge on any atom is 0.210 e. The number of hydrogen-bond donors (Lipinski definition) is 0. The van der Waals surface area contributed by atoms with Gasteiger partial charge in [-0.1, -0.05) is 27.7 Å². The number of hydrogen-bond acceptors (Lipinski definition) is 1. The van der Waals surface area contributed by atoms with Gasteiger partial charge in [0.2, 0.25) is 8.32 Å². The largest absolute Gasteiger partial charge is 0.414 e. The van der Waals surface area contributed by atoms with Crippen LogP contribution >= 0.6 is 15.9 Å². The third kappa shape index (κ3) is 8.72. The Morgan fingerprint density at radius 3 is 2.54 bits per heavy atom. The maximum absolute atomic E-state index is 5.68. The van der Waals surface area contributed by atoms with E-state index in [4.69, 9.17) is 4.43 Å². The molecule has 0 aromatic heterocycles. The van der Waals surface area contributed by atoms with Gasteiger partial charge in [-0.05, 0) is 39.3 Å². The van der Waals surface area contributed by atoms with Crippen LogP contribution in [0.3, 0.4) is 0 Å². The molecule has 0 N–H and O–H groups in total. The number of halogens is 1. The highest BCUT2D eigenvalue weighted by Gasteiger charge is 2.16. The van der Waals surface area contributed by atoms with E-state index < -0.39 is 8.32 Å². The second-order valence-electron chi connectivity index (χ2n) is 3.62. The van der Waals surface area contributed by atoms with Gasteiger partial charge in [-0.2, -0.15) is 0 Å². The van der Waals surface area contributed by atoms with E-state index in [1.54, 1.807) is 0 Å². The van der Waals surface area contributed by atoms with Crippen molar-refractivity contribution in [2.24, 2.45) is 0 Å². The van der Waals surface area contributed by atoms with Gasteiger partial charge in [0, 0.05) is 11.9 Å². The van der Waals surface area contributed by atoms with Gasteiger partial charge in [0.1, 0.15) is 0 Å². The second-order valence-corrected chi connectivity index (χ2v) is 8.25. The van der Waals surface area contributed by atoms with Crippen molar-refractivity contribution in [2.75, 3.05) is 11.9 Å². The van der Waals surface area contributed by atoms with E-state index >= 15 is 0 Å². The summed E-state index contributed by atoms with van der Waals surface area (Å²) < 4.78 is 5.68. The number of rotatable bonds is 7. The van der Waals surface area contributed by atoms with Crippen LogP contribution in [-0.2, 0) is 4.43 Å². The van der Waals surface area contributed by atoms with Crippen LogP contribution in [-0.4, -0.2) is 20.3 Å². The van der Waals surface area contributed by atoms with Gasteiger partial charge in [-0.15, -0.1) is 0 Å². The van der Waals surface area contributed by atoms with Crippen molar-refractivity contribution in [3.05, 3.63) is 11.8 Å². The molecule has 0 atom stereocenters. The van der Waals surface area contributed by atoms with Gasteiger partial charge < -0.3 is 4.43 Å². The van der Waals surface area contributed by atoms with E-state index in [0.717, 1.165) is 11.9 Å². The topological polar surface area (TPSA) is 9.23 Å². The highest BCUT2D eigenvalue weighted by atomic mass is 79.9. The normalized spacial score (nSPS) is 12.6. The Kier molecular flexibility index (Phi) is 8.01. The average Bonchev–Trinajstić information content (AvgIpc) is 2.04.